The first-order valence-corrected chi connectivity index (χ1v) is 8.07. The third-order valence-electron chi connectivity index (χ3n) is 3.91. The van der Waals surface area contributed by atoms with Gasteiger partial charge in [0.1, 0.15) is 0 Å². The highest BCUT2D eigenvalue weighted by Crippen LogP contribution is 2.25. The molecule has 1 aliphatic rings. The number of anilines is 1. The van der Waals surface area contributed by atoms with Gasteiger partial charge < -0.3 is 15.0 Å². The normalized spacial score (nSPS) is 20.2. The molecule has 1 aliphatic heterocycles. The molecule has 0 bridgehead atoms. The van der Waals surface area contributed by atoms with Gasteiger partial charge in [0.15, 0.2) is 11.2 Å². The van der Waals surface area contributed by atoms with E-state index >= 15 is 0 Å². The van der Waals surface area contributed by atoms with Crippen LogP contribution in [0.25, 0.3) is 6.08 Å². The SMILES string of the molecule is COC(=O)[C@@H]1NC(=S)N(c2ccccc2)[C@H]1/C=C/c1ccccc1. The Labute approximate surface area is 146 Å². The summed E-state index contributed by atoms with van der Waals surface area (Å²) >= 11 is 5.45. The lowest BCUT2D eigenvalue weighted by atomic mass is 10.1. The summed E-state index contributed by atoms with van der Waals surface area (Å²) in [5.41, 5.74) is 2.00. The molecule has 0 amide bonds. The average molecular weight is 338 g/mol. The highest BCUT2D eigenvalue weighted by molar-refractivity contribution is 7.80. The van der Waals surface area contributed by atoms with E-state index in [1.54, 1.807) is 0 Å². The lowest BCUT2D eigenvalue weighted by Gasteiger charge is -2.24. The molecule has 4 nitrogen and oxygen atoms in total. The van der Waals surface area contributed by atoms with Crippen LogP contribution >= 0.6 is 12.2 Å². The average Bonchev–Trinajstić information content (AvgIpc) is 2.97. The van der Waals surface area contributed by atoms with Gasteiger partial charge in [-0.25, -0.2) is 4.79 Å². The van der Waals surface area contributed by atoms with Gasteiger partial charge in [0.25, 0.3) is 0 Å². The molecule has 2 aromatic rings. The molecule has 2 atom stereocenters. The van der Waals surface area contributed by atoms with Gasteiger partial charge in [0, 0.05) is 5.69 Å². The van der Waals surface area contributed by atoms with Crippen molar-refractivity contribution in [1.82, 2.24) is 5.32 Å². The lowest BCUT2D eigenvalue weighted by Crippen LogP contribution is -2.41. The van der Waals surface area contributed by atoms with Crippen LogP contribution < -0.4 is 10.2 Å². The smallest absolute Gasteiger partial charge is 0.330 e. The number of hydrogen-bond donors (Lipinski definition) is 1. The minimum atomic E-state index is -0.539. The fourth-order valence-electron chi connectivity index (χ4n) is 2.75. The number of benzene rings is 2. The number of carbonyl (C=O) groups is 1. The second-order valence-electron chi connectivity index (χ2n) is 5.42. The van der Waals surface area contributed by atoms with Crippen molar-refractivity contribution >= 4 is 35.1 Å². The Morgan fingerprint density at radius 3 is 2.38 bits per heavy atom. The summed E-state index contributed by atoms with van der Waals surface area (Å²) < 4.78 is 4.93. The summed E-state index contributed by atoms with van der Waals surface area (Å²) in [5.74, 6) is -0.335. The van der Waals surface area contributed by atoms with Crippen LogP contribution in [0.15, 0.2) is 66.7 Å². The van der Waals surface area contributed by atoms with Crippen LogP contribution in [0, 0.1) is 0 Å². The Morgan fingerprint density at radius 2 is 1.75 bits per heavy atom. The van der Waals surface area contributed by atoms with Crippen LogP contribution in [0.5, 0.6) is 0 Å². The molecule has 5 heteroatoms. The number of hydrogen-bond acceptors (Lipinski definition) is 3. The van der Waals surface area contributed by atoms with E-state index in [-0.39, 0.29) is 12.0 Å². The molecule has 122 valence electrons. The van der Waals surface area contributed by atoms with Gasteiger partial charge in [-0.05, 0) is 29.9 Å². The van der Waals surface area contributed by atoms with Gasteiger partial charge in [-0.3, -0.25) is 0 Å². The van der Waals surface area contributed by atoms with Crippen LogP contribution in [0.2, 0.25) is 0 Å². The van der Waals surface area contributed by atoms with Gasteiger partial charge in [-0.1, -0.05) is 60.7 Å². The maximum absolute atomic E-state index is 12.2. The van der Waals surface area contributed by atoms with Gasteiger partial charge in [0.2, 0.25) is 0 Å². The van der Waals surface area contributed by atoms with E-state index in [2.05, 4.69) is 5.32 Å². The molecule has 1 saturated heterocycles. The number of thiocarbonyl (C=S) groups is 1. The fraction of sp³-hybridized carbons (Fsp3) is 0.158. The van der Waals surface area contributed by atoms with Crippen molar-refractivity contribution in [1.29, 1.82) is 0 Å². The molecule has 0 unspecified atom stereocenters. The number of rotatable bonds is 4. The zero-order chi connectivity index (χ0) is 16.9. The van der Waals surface area contributed by atoms with Crippen LogP contribution in [0.1, 0.15) is 5.56 Å². The number of nitrogens with one attached hydrogen (secondary N) is 1. The quantitative estimate of drug-likeness (QED) is 0.686. The Hall–Kier alpha value is -2.66. The monoisotopic (exact) mass is 338 g/mol. The molecule has 0 aromatic heterocycles. The standard InChI is InChI=1S/C19H18N2O2S/c1-23-18(22)17-16(13-12-14-8-4-2-5-9-14)21(19(24)20-17)15-10-6-3-7-11-15/h2-13,16-17H,1H3,(H,20,24)/b13-12+/t16-,17+/m0/s1. The molecule has 1 fully saturated rings. The summed E-state index contributed by atoms with van der Waals surface area (Å²) in [7, 11) is 1.39. The summed E-state index contributed by atoms with van der Waals surface area (Å²) in [6.45, 7) is 0. The largest absolute Gasteiger partial charge is 0.467 e. The molecule has 0 aliphatic carbocycles. The first-order valence-electron chi connectivity index (χ1n) is 7.66. The van der Waals surface area contributed by atoms with Gasteiger partial charge in [-0.15, -0.1) is 0 Å². The van der Waals surface area contributed by atoms with Gasteiger partial charge >= 0.3 is 5.97 Å². The van der Waals surface area contributed by atoms with E-state index in [0.717, 1.165) is 11.3 Å². The third kappa shape index (κ3) is 3.31. The first kappa shape index (κ1) is 16.2. The van der Waals surface area contributed by atoms with E-state index in [1.165, 1.54) is 7.11 Å². The third-order valence-corrected chi connectivity index (χ3v) is 4.23. The second-order valence-corrected chi connectivity index (χ2v) is 5.80. The van der Waals surface area contributed by atoms with Crippen molar-refractivity contribution in [3.05, 3.63) is 72.3 Å². The van der Waals surface area contributed by atoms with E-state index in [9.17, 15) is 4.79 Å². The van der Waals surface area contributed by atoms with Crippen LogP contribution in [-0.2, 0) is 9.53 Å². The molecule has 0 radical (unpaired) electrons. The predicted octanol–water partition coefficient (Wildman–Crippen LogP) is 3.00. The van der Waals surface area contributed by atoms with Gasteiger partial charge in [-0.2, -0.15) is 0 Å². The molecule has 3 rings (SSSR count). The zero-order valence-corrected chi connectivity index (χ0v) is 14.1. The van der Waals surface area contributed by atoms with Crippen molar-refractivity contribution in [2.45, 2.75) is 12.1 Å². The van der Waals surface area contributed by atoms with E-state index in [1.807, 2.05) is 77.7 Å². The highest BCUT2D eigenvalue weighted by atomic mass is 32.1. The molecule has 2 aromatic carbocycles. The van der Waals surface area contributed by atoms with E-state index < -0.39 is 6.04 Å². The molecular formula is C19H18N2O2S. The molecule has 1 N–H and O–H groups in total. The van der Waals surface area contributed by atoms with Crippen LogP contribution in [0.3, 0.4) is 0 Å². The number of esters is 1. The number of carbonyl (C=O) groups excluding carboxylic acids is 1. The van der Waals surface area contributed by atoms with Crippen molar-refractivity contribution in [2.75, 3.05) is 12.0 Å². The van der Waals surface area contributed by atoms with E-state index in [0.29, 0.717) is 5.11 Å². The zero-order valence-electron chi connectivity index (χ0n) is 13.3. The van der Waals surface area contributed by atoms with Crippen molar-refractivity contribution < 1.29 is 9.53 Å². The Kier molecular flexibility index (Phi) is 4.91. The molecular weight excluding hydrogens is 320 g/mol. The number of ether oxygens (including phenoxy) is 1. The van der Waals surface area contributed by atoms with Gasteiger partial charge in [0.05, 0.1) is 13.2 Å². The minimum absolute atomic E-state index is 0.257. The second kappa shape index (κ2) is 7.27. The fourth-order valence-corrected chi connectivity index (χ4v) is 3.10. The topological polar surface area (TPSA) is 41.6 Å². The highest BCUT2D eigenvalue weighted by Gasteiger charge is 2.41. The maximum atomic E-state index is 12.2. The Morgan fingerprint density at radius 1 is 1.12 bits per heavy atom. The number of para-hydroxylation sites is 1. The summed E-state index contributed by atoms with van der Waals surface area (Å²) in [6.07, 6.45) is 3.97. The Bertz CT molecular complexity index is 746. The first-order chi connectivity index (χ1) is 11.7. The van der Waals surface area contributed by atoms with E-state index in [4.69, 9.17) is 17.0 Å². The minimum Gasteiger partial charge on any atom is -0.467 e. The molecule has 0 saturated carbocycles. The summed E-state index contributed by atoms with van der Waals surface area (Å²) in [4.78, 5) is 14.1. The van der Waals surface area contributed by atoms with Crippen molar-refractivity contribution in [3.63, 3.8) is 0 Å². The van der Waals surface area contributed by atoms with Crippen molar-refractivity contribution in [3.8, 4) is 0 Å². The maximum Gasteiger partial charge on any atom is 0.330 e. The predicted molar refractivity (Wildman–Crippen MR) is 99.7 cm³/mol. The molecule has 0 spiro atoms. The van der Waals surface area contributed by atoms with Crippen LogP contribution in [0.4, 0.5) is 5.69 Å². The van der Waals surface area contributed by atoms with Crippen molar-refractivity contribution in [2.24, 2.45) is 0 Å². The summed E-state index contributed by atoms with van der Waals surface area (Å²) in [6, 6.07) is 18.9. The molecule has 1 heterocycles. The lowest BCUT2D eigenvalue weighted by molar-refractivity contribution is -0.142. The van der Waals surface area contributed by atoms with Crippen LogP contribution in [-0.4, -0.2) is 30.3 Å². The molecule has 24 heavy (non-hydrogen) atoms. The summed E-state index contributed by atoms with van der Waals surface area (Å²) in [5, 5.41) is 3.58. The number of methoxy groups -OCH3 is 1. The number of nitrogens with zero attached hydrogens (tertiary/aromatic N) is 1. The Balaban J connectivity index is 1.95.